The Kier molecular flexibility index (Phi) is 9.14. The van der Waals surface area contributed by atoms with E-state index in [1.807, 2.05) is 12.1 Å². The minimum Gasteiger partial charge on any atom is -0.496 e. The van der Waals surface area contributed by atoms with Crippen LogP contribution in [-0.2, 0) is 9.53 Å². The fourth-order valence-electron chi connectivity index (χ4n) is 3.15. The summed E-state index contributed by atoms with van der Waals surface area (Å²) in [5.41, 5.74) is 1.92. The van der Waals surface area contributed by atoms with Gasteiger partial charge in [-0.25, -0.2) is 4.79 Å². The van der Waals surface area contributed by atoms with Crippen LogP contribution in [0.4, 0.5) is 11.4 Å². The molecular weight excluding hydrogens is 468 g/mol. The lowest BCUT2D eigenvalue weighted by molar-refractivity contribution is -0.113. The van der Waals surface area contributed by atoms with Gasteiger partial charge in [0.2, 0.25) is 5.91 Å². The van der Waals surface area contributed by atoms with Crippen LogP contribution in [0, 0.1) is 0 Å². The highest BCUT2D eigenvalue weighted by molar-refractivity contribution is 8.00. The smallest absolute Gasteiger partial charge is 0.338 e. The quantitative estimate of drug-likeness (QED) is 0.306. The van der Waals surface area contributed by atoms with Crippen molar-refractivity contribution in [1.29, 1.82) is 0 Å². The lowest BCUT2D eigenvalue weighted by Crippen LogP contribution is -2.15. The summed E-state index contributed by atoms with van der Waals surface area (Å²) >= 11 is 1.36. The van der Waals surface area contributed by atoms with E-state index in [2.05, 4.69) is 10.6 Å². The van der Waals surface area contributed by atoms with Crippen molar-refractivity contribution in [2.24, 2.45) is 0 Å². The Bertz CT molecular complexity index is 1160. The zero-order valence-electron chi connectivity index (χ0n) is 19.6. The molecule has 0 spiro atoms. The fraction of sp³-hybridized carbons (Fsp3) is 0.192. The Morgan fingerprint density at radius 3 is 1.94 bits per heavy atom. The topological polar surface area (TPSA) is 103 Å². The molecule has 0 aromatic heterocycles. The molecule has 0 saturated heterocycles. The number of esters is 1. The first-order chi connectivity index (χ1) is 16.9. The summed E-state index contributed by atoms with van der Waals surface area (Å²) in [5.74, 6) is 0.0883. The lowest BCUT2D eigenvalue weighted by atomic mass is 10.1. The summed E-state index contributed by atoms with van der Waals surface area (Å²) in [5, 5.41) is 5.63. The van der Waals surface area contributed by atoms with E-state index in [-0.39, 0.29) is 17.6 Å². The molecule has 0 atom stereocenters. The van der Waals surface area contributed by atoms with Crippen molar-refractivity contribution in [2.45, 2.75) is 11.8 Å². The molecule has 0 fully saturated rings. The molecule has 3 aromatic carbocycles. The number of benzene rings is 3. The standard InChI is InChI=1S/C26H26N2O6S/c1-4-34-26(31)17-8-10-18(11-9-17)27-23(29)16-35-20-14-12-19(13-15-20)28-25(30)24-21(32-2)6-5-7-22(24)33-3/h5-15H,4,16H2,1-3H3,(H,27,29)(H,28,30). The highest BCUT2D eigenvalue weighted by Crippen LogP contribution is 2.29. The van der Waals surface area contributed by atoms with Crippen molar-refractivity contribution in [1.82, 2.24) is 0 Å². The molecule has 0 aliphatic carbocycles. The minimum absolute atomic E-state index is 0.181. The van der Waals surface area contributed by atoms with Gasteiger partial charge in [0.15, 0.2) is 0 Å². The van der Waals surface area contributed by atoms with Gasteiger partial charge in [0, 0.05) is 16.3 Å². The van der Waals surface area contributed by atoms with Crippen LogP contribution in [-0.4, -0.2) is 44.4 Å². The molecule has 2 N–H and O–H groups in total. The highest BCUT2D eigenvalue weighted by atomic mass is 32.2. The maximum absolute atomic E-state index is 12.8. The third kappa shape index (κ3) is 7.00. The summed E-state index contributed by atoms with van der Waals surface area (Å²) in [6.45, 7) is 2.05. The van der Waals surface area contributed by atoms with Crippen LogP contribution in [0.15, 0.2) is 71.6 Å². The maximum atomic E-state index is 12.8. The van der Waals surface area contributed by atoms with Crippen molar-refractivity contribution < 1.29 is 28.6 Å². The molecule has 3 aromatic rings. The number of carbonyl (C=O) groups is 3. The van der Waals surface area contributed by atoms with E-state index in [0.717, 1.165) is 4.90 Å². The molecule has 2 amide bonds. The van der Waals surface area contributed by atoms with Gasteiger partial charge in [-0.2, -0.15) is 0 Å². The number of rotatable bonds is 10. The first kappa shape index (κ1) is 25.6. The zero-order chi connectivity index (χ0) is 25.2. The van der Waals surface area contributed by atoms with Crippen LogP contribution < -0.4 is 20.1 Å². The number of anilines is 2. The van der Waals surface area contributed by atoms with E-state index < -0.39 is 5.97 Å². The Hall–Kier alpha value is -3.98. The molecule has 0 unspecified atom stereocenters. The normalized spacial score (nSPS) is 10.3. The van der Waals surface area contributed by atoms with Gasteiger partial charge in [-0.05, 0) is 67.6 Å². The molecule has 182 valence electrons. The van der Waals surface area contributed by atoms with Gasteiger partial charge in [0.25, 0.3) is 5.91 Å². The Balaban J connectivity index is 1.53. The number of amides is 2. The van der Waals surface area contributed by atoms with E-state index in [0.29, 0.717) is 40.6 Å². The molecule has 0 aliphatic heterocycles. The van der Waals surface area contributed by atoms with Crippen LogP contribution >= 0.6 is 11.8 Å². The lowest BCUT2D eigenvalue weighted by Gasteiger charge is -2.13. The molecule has 0 bridgehead atoms. The molecule has 0 saturated carbocycles. The predicted molar refractivity (Wildman–Crippen MR) is 136 cm³/mol. The number of methoxy groups -OCH3 is 2. The number of hydrogen-bond donors (Lipinski definition) is 2. The fourth-order valence-corrected chi connectivity index (χ4v) is 3.85. The van der Waals surface area contributed by atoms with Crippen molar-refractivity contribution in [3.8, 4) is 11.5 Å². The monoisotopic (exact) mass is 494 g/mol. The number of hydrogen-bond acceptors (Lipinski definition) is 7. The zero-order valence-corrected chi connectivity index (χ0v) is 20.4. The van der Waals surface area contributed by atoms with Gasteiger partial charge < -0.3 is 24.8 Å². The molecule has 8 nitrogen and oxygen atoms in total. The van der Waals surface area contributed by atoms with Crippen LogP contribution in [0.2, 0.25) is 0 Å². The largest absolute Gasteiger partial charge is 0.496 e. The number of carbonyl (C=O) groups excluding carboxylic acids is 3. The molecule has 9 heteroatoms. The third-order valence-electron chi connectivity index (χ3n) is 4.82. The summed E-state index contributed by atoms with van der Waals surface area (Å²) in [4.78, 5) is 37.6. The summed E-state index contributed by atoms with van der Waals surface area (Å²) in [7, 11) is 2.98. The summed E-state index contributed by atoms with van der Waals surface area (Å²) in [6.07, 6.45) is 0. The molecule has 35 heavy (non-hydrogen) atoms. The first-order valence-corrected chi connectivity index (χ1v) is 11.8. The van der Waals surface area contributed by atoms with Crippen molar-refractivity contribution in [2.75, 3.05) is 37.2 Å². The van der Waals surface area contributed by atoms with Crippen LogP contribution in [0.1, 0.15) is 27.6 Å². The van der Waals surface area contributed by atoms with E-state index in [1.165, 1.54) is 26.0 Å². The number of ether oxygens (including phenoxy) is 3. The second-order valence-corrected chi connectivity index (χ2v) is 8.20. The van der Waals surface area contributed by atoms with Gasteiger partial charge in [0.05, 0.1) is 32.1 Å². The Morgan fingerprint density at radius 2 is 1.37 bits per heavy atom. The third-order valence-corrected chi connectivity index (χ3v) is 5.83. The maximum Gasteiger partial charge on any atom is 0.338 e. The van der Waals surface area contributed by atoms with E-state index >= 15 is 0 Å². The van der Waals surface area contributed by atoms with Crippen LogP contribution in [0.5, 0.6) is 11.5 Å². The van der Waals surface area contributed by atoms with E-state index in [9.17, 15) is 14.4 Å². The highest BCUT2D eigenvalue weighted by Gasteiger charge is 2.18. The average molecular weight is 495 g/mol. The van der Waals surface area contributed by atoms with E-state index in [1.54, 1.807) is 61.5 Å². The van der Waals surface area contributed by atoms with Gasteiger partial charge >= 0.3 is 5.97 Å². The molecule has 0 aliphatic rings. The van der Waals surface area contributed by atoms with Gasteiger partial charge in [-0.1, -0.05) is 6.07 Å². The summed E-state index contributed by atoms with van der Waals surface area (Å²) < 4.78 is 15.5. The second-order valence-electron chi connectivity index (χ2n) is 7.15. The van der Waals surface area contributed by atoms with Gasteiger partial charge in [-0.3, -0.25) is 9.59 Å². The van der Waals surface area contributed by atoms with Crippen molar-refractivity contribution in [3.63, 3.8) is 0 Å². The molecule has 3 rings (SSSR count). The number of thioether (sulfide) groups is 1. The van der Waals surface area contributed by atoms with Crippen LogP contribution in [0.3, 0.4) is 0 Å². The minimum atomic E-state index is -0.400. The predicted octanol–water partition coefficient (Wildman–Crippen LogP) is 4.86. The Morgan fingerprint density at radius 1 is 0.800 bits per heavy atom. The first-order valence-electron chi connectivity index (χ1n) is 10.8. The van der Waals surface area contributed by atoms with Crippen molar-refractivity contribution in [3.05, 3.63) is 77.9 Å². The van der Waals surface area contributed by atoms with Gasteiger partial charge in [0.1, 0.15) is 17.1 Å². The molecular formula is C26H26N2O6S. The average Bonchev–Trinajstić information content (AvgIpc) is 2.88. The number of nitrogens with one attached hydrogen (secondary N) is 2. The molecule has 0 heterocycles. The second kappa shape index (κ2) is 12.5. The Labute approximate surface area is 208 Å². The SMILES string of the molecule is CCOC(=O)c1ccc(NC(=O)CSc2ccc(NC(=O)c3c(OC)cccc3OC)cc2)cc1. The van der Waals surface area contributed by atoms with Crippen molar-refractivity contribution >= 4 is 40.9 Å². The molecule has 0 radical (unpaired) electrons. The van der Waals surface area contributed by atoms with Crippen LogP contribution in [0.25, 0.3) is 0 Å². The summed E-state index contributed by atoms with van der Waals surface area (Å²) in [6, 6.07) is 18.8. The van der Waals surface area contributed by atoms with Gasteiger partial charge in [-0.15, -0.1) is 11.8 Å². The van der Waals surface area contributed by atoms with E-state index in [4.69, 9.17) is 14.2 Å².